The summed E-state index contributed by atoms with van der Waals surface area (Å²) in [4.78, 5) is 25.8. The van der Waals surface area contributed by atoms with Crippen LogP contribution in [0.5, 0.6) is 0 Å². The minimum absolute atomic E-state index is 0.0380. The maximum Gasteiger partial charge on any atom is 0.330 e. The molecule has 0 aromatic carbocycles. The second kappa shape index (κ2) is 7.02. The lowest BCUT2D eigenvalue weighted by molar-refractivity contribution is -0.0120. The van der Waals surface area contributed by atoms with E-state index in [-0.39, 0.29) is 16.2 Å². The molecular weight excluding hydrogens is 364 g/mol. The van der Waals surface area contributed by atoms with Crippen molar-refractivity contribution in [2.45, 2.75) is 44.9 Å². The molecule has 2 rings (SSSR count). The van der Waals surface area contributed by atoms with Crippen LogP contribution in [0.4, 0.5) is 0 Å². The average Bonchev–Trinajstić information content (AvgIpc) is 2.93. The van der Waals surface area contributed by atoms with Gasteiger partial charge in [-0.25, -0.2) is 13.2 Å². The molecule has 1 aliphatic heterocycles. The quantitative estimate of drug-likeness (QED) is 0.680. The first-order chi connectivity index (χ1) is 11.4. The molecular formula is C15H24N2O6SSi. The number of aliphatic hydroxyl groups excluding tert-OH is 1. The lowest BCUT2D eigenvalue weighted by Gasteiger charge is -2.20. The molecule has 140 valence electrons. The van der Waals surface area contributed by atoms with E-state index in [1.807, 2.05) is 0 Å². The van der Waals surface area contributed by atoms with Gasteiger partial charge in [-0.15, -0.1) is 0 Å². The number of aromatic nitrogens is 2. The Hall–Kier alpha value is -1.49. The van der Waals surface area contributed by atoms with E-state index in [4.69, 9.17) is 4.74 Å². The fraction of sp³-hybridized carbons (Fsp3) is 0.600. The van der Waals surface area contributed by atoms with Crippen LogP contribution in [0.15, 0.2) is 26.8 Å². The van der Waals surface area contributed by atoms with Crippen LogP contribution in [0, 0.1) is 6.92 Å². The minimum atomic E-state index is -3.67. The second-order valence-electron chi connectivity index (χ2n) is 7.39. The van der Waals surface area contributed by atoms with E-state index >= 15 is 0 Å². The van der Waals surface area contributed by atoms with Gasteiger partial charge in [0.1, 0.15) is 6.10 Å². The topological polar surface area (TPSA) is 118 Å². The number of aliphatic hydroxyl groups is 1. The largest absolute Gasteiger partial charge is 0.393 e. The Balaban J connectivity index is 2.45. The molecule has 2 atom stereocenters. The summed E-state index contributed by atoms with van der Waals surface area (Å²) in [6.07, 6.45) is 0.609. The Labute approximate surface area is 147 Å². The van der Waals surface area contributed by atoms with Gasteiger partial charge in [0.25, 0.3) is 5.56 Å². The Bertz CT molecular complexity index is 894. The lowest BCUT2D eigenvalue weighted by Crippen LogP contribution is -2.35. The predicted octanol–water partition coefficient (Wildman–Crippen LogP) is 0.372. The molecule has 0 fully saturated rings. The van der Waals surface area contributed by atoms with Crippen molar-refractivity contribution in [2.24, 2.45) is 0 Å². The van der Waals surface area contributed by atoms with E-state index in [2.05, 4.69) is 24.6 Å². The Kier molecular flexibility index (Phi) is 5.57. The molecule has 0 aliphatic carbocycles. The minimum Gasteiger partial charge on any atom is -0.393 e. The van der Waals surface area contributed by atoms with Gasteiger partial charge in [-0.1, -0.05) is 19.6 Å². The molecule has 0 spiro atoms. The van der Waals surface area contributed by atoms with Crippen LogP contribution in [0.25, 0.3) is 0 Å². The molecule has 25 heavy (non-hydrogen) atoms. The number of aryl methyl sites for hydroxylation is 1. The number of ether oxygens (including phenoxy) is 1. The molecule has 0 bridgehead atoms. The van der Waals surface area contributed by atoms with E-state index in [1.165, 1.54) is 19.2 Å². The molecule has 0 saturated heterocycles. The van der Waals surface area contributed by atoms with Crippen LogP contribution >= 0.6 is 0 Å². The highest BCUT2D eigenvalue weighted by molar-refractivity contribution is 7.95. The molecule has 0 saturated carbocycles. The SMILES string of the molecule is Cc1cn([C@@H]2O[C@H](CO)C=C2S(=O)(=O)CC[Si](C)(C)C)c(=O)[nH]c1=O. The highest BCUT2D eigenvalue weighted by Gasteiger charge is 2.37. The van der Waals surface area contributed by atoms with Gasteiger partial charge in [0.05, 0.1) is 17.3 Å². The molecule has 1 aromatic rings. The van der Waals surface area contributed by atoms with Crippen LogP contribution < -0.4 is 11.2 Å². The molecule has 1 aliphatic rings. The van der Waals surface area contributed by atoms with Crippen LogP contribution in [0.3, 0.4) is 0 Å². The number of sulfone groups is 1. The normalized spacial score (nSPS) is 21.4. The highest BCUT2D eigenvalue weighted by atomic mass is 32.2. The number of nitrogens with zero attached hydrogens (tertiary/aromatic N) is 1. The zero-order valence-electron chi connectivity index (χ0n) is 14.8. The third-order valence-corrected chi connectivity index (χ3v) is 7.87. The molecule has 2 N–H and O–H groups in total. The number of nitrogens with one attached hydrogen (secondary N) is 1. The van der Waals surface area contributed by atoms with Crippen molar-refractivity contribution in [1.82, 2.24) is 9.55 Å². The first kappa shape index (κ1) is 19.8. The molecule has 8 nitrogen and oxygen atoms in total. The number of hydrogen-bond acceptors (Lipinski definition) is 6. The van der Waals surface area contributed by atoms with Gasteiger partial charge in [0, 0.05) is 19.8 Å². The van der Waals surface area contributed by atoms with Crippen molar-refractivity contribution in [3.05, 3.63) is 43.6 Å². The van der Waals surface area contributed by atoms with Crippen LogP contribution in [0.2, 0.25) is 25.7 Å². The summed E-state index contributed by atoms with van der Waals surface area (Å²) in [5.74, 6) is -0.0380. The van der Waals surface area contributed by atoms with Crippen LogP contribution in [0.1, 0.15) is 11.8 Å². The second-order valence-corrected chi connectivity index (χ2v) is 15.1. The molecule has 0 radical (unpaired) electrons. The van der Waals surface area contributed by atoms with Gasteiger partial charge in [-0.05, 0) is 19.0 Å². The standard InChI is InChI=1S/C15H24N2O6SSi/c1-10-8-17(15(20)16-13(10)19)14-12(7-11(9-18)23-14)24(21,22)5-6-25(2,3)4/h7-8,11,14,18H,5-6,9H2,1-4H3,(H,16,19,20)/t11-,14+/m0/s1. The fourth-order valence-corrected chi connectivity index (χ4v) is 7.01. The Morgan fingerprint density at radius 3 is 2.52 bits per heavy atom. The average molecular weight is 389 g/mol. The van der Waals surface area contributed by atoms with Gasteiger partial charge in [-0.2, -0.15) is 0 Å². The van der Waals surface area contributed by atoms with Gasteiger partial charge < -0.3 is 9.84 Å². The third-order valence-electron chi connectivity index (χ3n) is 3.96. The number of rotatable bonds is 6. The van der Waals surface area contributed by atoms with Crippen molar-refractivity contribution in [1.29, 1.82) is 0 Å². The van der Waals surface area contributed by atoms with E-state index in [1.54, 1.807) is 0 Å². The molecule has 10 heteroatoms. The number of H-pyrrole nitrogens is 1. The fourth-order valence-electron chi connectivity index (χ4n) is 2.41. The highest BCUT2D eigenvalue weighted by Crippen LogP contribution is 2.33. The smallest absolute Gasteiger partial charge is 0.330 e. The summed E-state index contributed by atoms with van der Waals surface area (Å²) in [5, 5.41) is 9.34. The summed E-state index contributed by atoms with van der Waals surface area (Å²) < 4.78 is 32.2. The van der Waals surface area contributed by atoms with Gasteiger partial charge in [-0.3, -0.25) is 14.3 Å². The van der Waals surface area contributed by atoms with E-state index in [0.29, 0.717) is 6.04 Å². The van der Waals surface area contributed by atoms with E-state index in [0.717, 1.165) is 4.57 Å². The molecule has 0 amide bonds. The summed E-state index contributed by atoms with van der Waals surface area (Å²) >= 11 is 0. The summed E-state index contributed by atoms with van der Waals surface area (Å²) in [6, 6.07) is 0.572. The monoisotopic (exact) mass is 388 g/mol. The number of aromatic amines is 1. The van der Waals surface area contributed by atoms with Crippen molar-refractivity contribution in [3.63, 3.8) is 0 Å². The maximum absolute atomic E-state index is 12.8. The van der Waals surface area contributed by atoms with Crippen LogP contribution in [-0.4, -0.2) is 49.6 Å². The summed E-state index contributed by atoms with van der Waals surface area (Å²) in [6.45, 7) is 7.33. The van der Waals surface area contributed by atoms with E-state index < -0.39 is 48.1 Å². The summed E-state index contributed by atoms with van der Waals surface area (Å²) in [5.41, 5.74) is -1.04. The first-order valence-electron chi connectivity index (χ1n) is 7.97. The van der Waals surface area contributed by atoms with Crippen molar-refractivity contribution in [2.75, 3.05) is 12.4 Å². The first-order valence-corrected chi connectivity index (χ1v) is 13.3. The van der Waals surface area contributed by atoms with E-state index in [9.17, 15) is 23.1 Å². The Morgan fingerprint density at radius 2 is 1.96 bits per heavy atom. The Morgan fingerprint density at radius 1 is 1.32 bits per heavy atom. The maximum atomic E-state index is 12.8. The van der Waals surface area contributed by atoms with Crippen molar-refractivity contribution >= 4 is 17.9 Å². The van der Waals surface area contributed by atoms with Crippen molar-refractivity contribution in [3.8, 4) is 0 Å². The van der Waals surface area contributed by atoms with Gasteiger partial charge >= 0.3 is 5.69 Å². The van der Waals surface area contributed by atoms with Crippen LogP contribution in [-0.2, 0) is 14.6 Å². The zero-order valence-corrected chi connectivity index (χ0v) is 16.6. The molecule has 0 unspecified atom stereocenters. The lowest BCUT2D eigenvalue weighted by atomic mass is 10.3. The predicted molar refractivity (Wildman–Crippen MR) is 97.1 cm³/mol. The van der Waals surface area contributed by atoms with Crippen molar-refractivity contribution < 1.29 is 18.3 Å². The number of hydrogen-bond donors (Lipinski definition) is 2. The molecule has 2 heterocycles. The zero-order chi connectivity index (χ0) is 19.0. The third kappa shape index (κ3) is 4.57. The van der Waals surface area contributed by atoms with Gasteiger partial charge in [0.15, 0.2) is 16.1 Å². The summed E-state index contributed by atoms with van der Waals surface area (Å²) in [7, 11) is -5.25. The van der Waals surface area contributed by atoms with Gasteiger partial charge in [0.2, 0.25) is 0 Å². The molecule has 1 aromatic heterocycles.